The van der Waals surface area contributed by atoms with Gasteiger partial charge in [0.25, 0.3) is 0 Å². The fourth-order valence-electron chi connectivity index (χ4n) is 2.67. The second-order valence-electron chi connectivity index (χ2n) is 6.40. The lowest BCUT2D eigenvalue weighted by Gasteiger charge is -2.16. The maximum absolute atomic E-state index is 12.4. The molecule has 7 nitrogen and oxygen atoms in total. The van der Waals surface area contributed by atoms with Crippen molar-refractivity contribution in [3.63, 3.8) is 0 Å². The molecule has 0 aliphatic carbocycles. The molecule has 0 radical (unpaired) electrons. The first-order valence-electron chi connectivity index (χ1n) is 9.07. The lowest BCUT2D eigenvalue weighted by molar-refractivity contribution is -0.122. The van der Waals surface area contributed by atoms with Crippen molar-refractivity contribution in [1.29, 1.82) is 0 Å². The summed E-state index contributed by atoms with van der Waals surface area (Å²) in [4.78, 5) is 38.2. The Bertz CT molecular complexity index is 884. The second-order valence-corrected chi connectivity index (χ2v) is 7.68. The third-order valence-electron chi connectivity index (χ3n) is 4.00. The highest BCUT2D eigenvalue weighted by Gasteiger charge is 2.23. The number of methoxy groups -OCH3 is 1. The average Bonchev–Trinajstić information content (AvgIpc) is 3.08. The van der Waals surface area contributed by atoms with Crippen molar-refractivity contribution >= 4 is 45.7 Å². The first kappa shape index (κ1) is 22.9. The van der Waals surface area contributed by atoms with Gasteiger partial charge in [-0.2, -0.15) is 0 Å². The molecule has 1 heterocycles. The van der Waals surface area contributed by atoms with Crippen molar-refractivity contribution < 1.29 is 19.1 Å². The van der Waals surface area contributed by atoms with Gasteiger partial charge in [0.1, 0.15) is 10.6 Å². The fourth-order valence-corrected chi connectivity index (χ4v) is 3.87. The molecule has 156 valence electrons. The first-order valence-corrected chi connectivity index (χ1v) is 10.3. The third kappa shape index (κ3) is 6.28. The van der Waals surface area contributed by atoms with Crippen LogP contribution in [0, 0.1) is 0 Å². The number of thiophene rings is 1. The quantitative estimate of drug-likeness (QED) is 0.588. The van der Waals surface area contributed by atoms with E-state index in [1.807, 2.05) is 13.0 Å². The van der Waals surface area contributed by atoms with Crippen molar-refractivity contribution in [1.82, 2.24) is 10.2 Å². The molecule has 0 fully saturated rings. The van der Waals surface area contributed by atoms with Crippen LogP contribution in [0.1, 0.15) is 23.7 Å². The molecular formula is C20H24ClN3O4S. The van der Waals surface area contributed by atoms with Crippen LogP contribution in [0.5, 0.6) is 0 Å². The lowest BCUT2D eigenvalue weighted by Crippen LogP contribution is -2.39. The Hall–Kier alpha value is -2.42. The number of carbonyl (C=O) groups excluding carboxylic acids is 3. The van der Waals surface area contributed by atoms with Crippen molar-refractivity contribution in [2.24, 2.45) is 0 Å². The van der Waals surface area contributed by atoms with E-state index in [1.165, 1.54) is 18.4 Å². The normalized spacial score (nSPS) is 10.7. The van der Waals surface area contributed by atoms with Crippen LogP contribution in [0.15, 0.2) is 29.6 Å². The fraction of sp³-hybridized carbons (Fsp3) is 0.350. The van der Waals surface area contributed by atoms with Gasteiger partial charge in [0, 0.05) is 28.1 Å². The number of rotatable bonds is 9. The number of benzene rings is 1. The molecular weight excluding hydrogens is 414 g/mol. The summed E-state index contributed by atoms with van der Waals surface area (Å²) in [5.41, 5.74) is 1.52. The SMILES string of the molecule is CCCNC(=O)CN(C)CC(=O)Nc1scc(-c2ccccc2Cl)c1C(=O)OC. The molecule has 1 aromatic carbocycles. The van der Waals surface area contributed by atoms with Crippen molar-refractivity contribution in [3.05, 3.63) is 40.2 Å². The van der Waals surface area contributed by atoms with E-state index in [1.54, 1.807) is 35.5 Å². The molecule has 0 atom stereocenters. The number of halogens is 1. The van der Waals surface area contributed by atoms with Gasteiger partial charge in [0.15, 0.2) is 0 Å². The number of nitrogens with one attached hydrogen (secondary N) is 2. The van der Waals surface area contributed by atoms with Gasteiger partial charge in [-0.15, -0.1) is 11.3 Å². The summed E-state index contributed by atoms with van der Waals surface area (Å²) in [6.45, 7) is 2.67. The number of ether oxygens (including phenoxy) is 1. The number of hydrogen-bond donors (Lipinski definition) is 2. The number of carbonyl (C=O) groups is 3. The maximum atomic E-state index is 12.4. The summed E-state index contributed by atoms with van der Waals surface area (Å²) in [6, 6.07) is 7.14. The van der Waals surface area contributed by atoms with E-state index in [4.69, 9.17) is 16.3 Å². The van der Waals surface area contributed by atoms with Crippen LogP contribution in [0.2, 0.25) is 5.02 Å². The Labute approximate surface area is 179 Å². The number of anilines is 1. The summed E-state index contributed by atoms with van der Waals surface area (Å²) < 4.78 is 4.90. The molecule has 0 saturated heterocycles. The molecule has 1 aromatic heterocycles. The monoisotopic (exact) mass is 437 g/mol. The highest BCUT2D eigenvalue weighted by molar-refractivity contribution is 7.15. The largest absolute Gasteiger partial charge is 0.465 e. The van der Waals surface area contributed by atoms with E-state index < -0.39 is 5.97 Å². The van der Waals surface area contributed by atoms with E-state index >= 15 is 0 Å². The number of esters is 1. The molecule has 29 heavy (non-hydrogen) atoms. The van der Waals surface area contributed by atoms with Gasteiger partial charge in [-0.1, -0.05) is 36.7 Å². The molecule has 0 bridgehead atoms. The second kappa shape index (κ2) is 10.9. The molecule has 2 N–H and O–H groups in total. The molecule has 2 rings (SSSR count). The van der Waals surface area contributed by atoms with Crippen LogP contribution in [-0.2, 0) is 14.3 Å². The topological polar surface area (TPSA) is 87.7 Å². The van der Waals surface area contributed by atoms with E-state index in [9.17, 15) is 14.4 Å². The van der Waals surface area contributed by atoms with Crippen LogP contribution in [0.25, 0.3) is 11.1 Å². The third-order valence-corrected chi connectivity index (χ3v) is 5.22. The van der Waals surface area contributed by atoms with Gasteiger partial charge in [-0.3, -0.25) is 14.5 Å². The number of nitrogens with zero attached hydrogens (tertiary/aromatic N) is 1. The van der Waals surface area contributed by atoms with Gasteiger partial charge in [-0.05, 0) is 19.5 Å². The Morgan fingerprint density at radius 1 is 1.14 bits per heavy atom. The standard InChI is InChI=1S/C20H24ClN3O4S/c1-4-9-22-16(25)10-24(2)11-17(26)23-19-18(20(27)28-3)14(12-29-19)13-7-5-6-8-15(13)21/h5-8,12H,4,9-11H2,1-3H3,(H,22,25)(H,23,26). The molecule has 0 unspecified atom stereocenters. The minimum absolute atomic E-state index is 0.000512. The molecule has 0 aliphatic rings. The van der Waals surface area contributed by atoms with Gasteiger partial charge in [0.2, 0.25) is 11.8 Å². The van der Waals surface area contributed by atoms with Crippen LogP contribution in [0.4, 0.5) is 5.00 Å². The Balaban J connectivity index is 2.14. The first-order chi connectivity index (χ1) is 13.9. The highest BCUT2D eigenvalue weighted by Crippen LogP contribution is 2.39. The van der Waals surface area contributed by atoms with Gasteiger partial charge >= 0.3 is 5.97 Å². The summed E-state index contributed by atoms with van der Waals surface area (Å²) >= 11 is 7.48. The van der Waals surface area contributed by atoms with Crippen LogP contribution in [-0.4, -0.2) is 56.5 Å². The number of hydrogen-bond acceptors (Lipinski definition) is 6. The molecule has 0 spiro atoms. The Kier molecular flexibility index (Phi) is 8.63. The summed E-state index contributed by atoms with van der Waals surface area (Å²) in [5.74, 6) is -1.05. The van der Waals surface area contributed by atoms with Crippen LogP contribution >= 0.6 is 22.9 Å². The maximum Gasteiger partial charge on any atom is 0.341 e. The van der Waals surface area contributed by atoms with Crippen LogP contribution in [0.3, 0.4) is 0 Å². The van der Waals surface area contributed by atoms with Crippen LogP contribution < -0.4 is 10.6 Å². The zero-order chi connectivity index (χ0) is 21.4. The minimum Gasteiger partial charge on any atom is -0.465 e. The van der Waals surface area contributed by atoms with E-state index in [-0.39, 0.29) is 30.5 Å². The smallest absolute Gasteiger partial charge is 0.341 e. The number of likely N-dealkylation sites (N-methyl/N-ethyl adjacent to an activating group) is 1. The van der Waals surface area contributed by atoms with Crippen molar-refractivity contribution in [2.75, 3.05) is 39.1 Å². The zero-order valence-electron chi connectivity index (χ0n) is 16.6. The van der Waals surface area contributed by atoms with E-state index in [0.717, 1.165) is 6.42 Å². The highest BCUT2D eigenvalue weighted by atomic mass is 35.5. The Morgan fingerprint density at radius 2 is 1.83 bits per heavy atom. The van der Waals surface area contributed by atoms with Crippen molar-refractivity contribution in [2.45, 2.75) is 13.3 Å². The Morgan fingerprint density at radius 3 is 2.48 bits per heavy atom. The minimum atomic E-state index is -0.566. The predicted octanol–water partition coefficient (Wildman–Crippen LogP) is 3.25. The van der Waals surface area contributed by atoms with E-state index in [0.29, 0.717) is 27.7 Å². The molecule has 2 aromatic rings. The average molecular weight is 438 g/mol. The summed E-state index contributed by atoms with van der Waals surface area (Å²) in [5, 5.41) is 8.13. The van der Waals surface area contributed by atoms with Gasteiger partial charge < -0.3 is 15.4 Å². The lowest BCUT2D eigenvalue weighted by atomic mass is 10.0. The summed E-state index contributed by atoms with van der Waals surface area (Å²) in [7, 11) is 2.96. The predicted molar refractivity (Wildman–Crippen MR) is 116 cm³/mol. The zero-order valence-corrected chi connectivity index (χ0v) is 18.2. The van der Waals surface area contributed by atoms with Crippen molar-refractivity contribution in [3.8, 4) is 11.1 Å². The van der Waals surface area contributed by atoms with Gasteiger partial charge in [0.05, 0.1) is 20.2 Å². The number of amides is 2. The molecule has 9 heteroatoms. The van der Waals surface area contributed by atoms with E-state index in [2.05, 4.69) is 10.6 Å². The molecule has 0 aliphatic heterocycles. The molecule has 0 saturated carbocycles. The van der Waals surface area contributed by atoms with Gasteiger partial charge in [-0.25, -0.2) is 4.79 Å². The summed E-state index contributed by atoms with van der Waals surface area (Å²) in [6.07, 6.45) is 0.846. The molecule has 2 amide bonds.